The van der Waals surface area contributed by atoms with E-state index in [0.717, 1.165) is 96.3 Å². The number of unbranched alkanes of at least 4 members (excludes halogenated alkanes) is 20. The maximum atomic E-state index is 12.8. The quantitative estimate of drug-likeness (QED) is 0.0261. The molecule has 0 aromatic heterocycles. The molecule has 0 bridgehead atoms. The Morgan fingerprint density at radius 3 is 0.859 bits per heavy atom. The van der Waals surface area contributed by atoms with Gasteiger partial charge in [-0.25, -0.2) is 0 Å². The standard InChI is InChI=1S/C65H106O6/c1-4-7-10-13-16-19-22-25-28-31-32-35-37-40-43-46-49-52-55-58-64(67)70-61-62(71-65(68)59-56-53-50-47-44-41-38-34-30-27-24-21-18-15-12-9-6-3)60-69-63(66)57-54-51-48-45-42-39-36-33-29-26-23-20-17-14-11-8-5-2/h8-9,11-12,17-18,20-21,26-27,29-30,36,38-39,41,45,47-48,50,62H,4-7,10,13-16,19,22-25,28,31-35,37,40,42-44,46,49,51-61H2,1-3H3/b11-8+,12-9+,20-17+,21-18+,29-26+,30-27+,39-36+,41-38+,48-45+,50-47+/t62-/m1/s1. The smallest absolute Gasteiger partial charge is 0.306 e. The molecule has 6 heteroatoms. The van der Waals surface area contributed by atoms with Crippen LogP contribution in [-0.2, 0) is 28.6 Å². The van der Waals surface area contributed by atoms with Crippen molar-refractivity contribution >= 4 is 17.9 Å². The van der Waals surface area contributed by atoms with Crippen LogP contribution < -0.4 is 0 Å². The van der Waals surface area contributed by atoms with Crippen molar-refractivity contribution in [3.63, 3.8) is 0 Å². The molecule has 6 nitrogen and oxygen atoms in total. The molecule has 0 unspecified atom stereocenters. The third-order valence-corrected chi connectivity index (χ3v) is 12.0. The number of ether oxygens (including phenoxy) is 3. The third-order valence-electron chi connectivity index (χ3n) is 12.0. The molecule has 0 fully saturated rings. The van der Waals surface area contributed by atoms with E-state index in [0.29, 0.717) is 19.3 Å². The Morgan fingerprint density at radius 2 is 0.549 bits per heavy atom. The largest absolute Gasteiger partial charge is 0.462 e. The van der Waals surface area contributed by atoms with Crippen molar-refractivity contribution in [3.8, 4) is 0 Å². The molecule has 0 aliphatic heterocycles. The average Bonchev–Trinajstić information content (AvgIpc) is 3.37. The van der Waals surface area contributed by atoms with Gasteiger partial charge >= 0.3 is 17.9 Å². The van der Waals surface area contributed by atoms with Crippen LogP contribution in [0.5, 0.6) is 0 Å². The number of esters is 3. The fraction of sp³-hybridized carbons (Fsp3) is 0.646. The van der Waals surface area contributed by atoms with Crippen LogP contribution >= 0.6 is 0 Å². The Kier molecular flexibility index (Phi) is 54.9. The van der Waals surface area contributed by atoms with Crippen LogP contribution in [0.3, 0.4) is 0 Å². The minimum atomic E-state index is -0.833. The van der Waals surface area contributed by atoms with Crippen molar-refractivity contribution < 1.29 is 28.6 Å². The van der Waals surface area contributed by atoms with E-state index in [9.17, 15) is 14.4 Å². The van der Waals surface area contributed by atoms with E-state index >= 15 is 0 Å². The van der Waals surface area contributed by atoms with Crippen LogP contribution in [0.15, 0.2) is 122 Å². The van der Waals surface area contributed by atoms with Crippen molar-refractivity contribution in [3.05, 3.63) is 122 Å². The van der Waals surface area contributed by atoms with Gasteiger partial charge in [0.1, 0.15) is 13.2 Å². The molecule has 0 aromatic carbocycles. The summed E-state index contributed by atoms with van der Waals surface area (Å²) < 4.78 is 16.8. The van der Waals surface area contributed by atoms with E-state index in [2.05, 4.69) is 142 Å². The molecule has 0 aliphatic rings. The average molecular weight is 984 g/mol. The molecule has 0 heterocycles. The summed E-state index contributed by atoms with van der Waals surface area (Å²) >= 11 is 0. The molecular weight excluding hydrogens is 877 g/mol. The van der Waals surface area contributed by atoms with Crippen LogP contribution in [0.4, 0.5) is 0 Å². The van der Waals surface area contributed by atoms with Crippen molar-refractivity contribution in [1.29, 1.82) is 0 Å². The van der Waals surface area contributed by atoms with E-state index in [1.54, 1.807) is 0 Å². The highest BCUT2D eigenvalue weighted by molar-refractivity contribution is 5.71. The maximum absolute atomic E-state index is 12.8. The summed E-state index contributed by atoms with van der Waals surface area (Å²) in [6.07, 6.45) is 80.6. The Hall–Kier alpha value is -4.19. The monoisotopic (exact) mass is 983 g/mol. The highest BCUT2D eigenvalue weighted by atomic mass is 16.6. The zero-order chi connectivity index (χ0) is 51.4. The first-order valence-electron chi connectivity index (χ1n) is 29.0. The lowest BCUT2D eigenvalue weighted by atomic mass is 10.0. The minimum Gasteiger partial charge on any atom is -0.462 e. The molecule has 0 saturated carbocycles. The maximum Gasteiger partial charge on any atom is 0.306 e. The molecule has 0 rings (SSSR count). The first-order chi connectivity index (χ1) is 35.0. The Labute approximate surface area is 437 Å². The molecule has 0 aliphatic carbocycles. The van der Waals surface area contributed by atoms with Crippen molar-refractivity contribution in [2.24, 2.45) is 0 Å². The van der Waals surface area contributed by atoms with Gasteiger partial charge in [-0.15, -0.1) is 0 Å². The van der Waals surface area contributed by atoms with Gasteiger partial charge in [0.15, 0.2) is 6.10 Å². The molecular formula is C65H106O6. The van der Waals surface area contributed by atoms with E-state index in [4.69, 9.17) is 14.2 Å². The van der Waals surface area contributed by atoms with Gasteiger partial charge < -0.3 is 14.2 Å². The highest BCUT2D eigenvalue weighted by Crippen LogP contribution is 2.16. The summed E-state index contributed by atoms with van der Waals surface area (Å²) in [5, 5.41) is 0. The summed E-state index contributed by atoms with van der Waals surface area (Å²) in [4.78, 5) is 38.1. The van der Waals surface area contributed by atoms with Crippen LogP contribution in [0, 0.1) is 0 Å². The van der Waals surface area contributed by atoms with Gasteiger partial charge in [0, 0.05) is 19.3 Å². The summed E-state index contributed by atoms with van der Waals surface area (Å²) in [6.45, 7) is 6.33. The van der Waals surface area contributed by atoms with Gasteiger partial charge in [-0.1, -0.05) is 258 Å². The molecule has 0 radical (unpaired) electrons. The summed E-state index contributed by atoms with van der Waals surface area (Å²) in [6, 6.07) is 0. The van der Waals surface area contributed by atoms with Crippen LogP contribution in [0.1, 0.15) is 252 Å². The minimum absolute atomic E-state index is 0.119. The highest BCUT2D eigenvalue weighted by Gasteiger charge is 2.19. The number of hydrogen-bond donors (Lipinski definition) is 0. The third kappa shape index (κ3) is 56.6. The molecule has 1 atom stereocenters. The van der Waals surface area contributed by atoms with Crippen LogP contribution in [-0.4, -0.2) is 37.2 Å². The fourth-order valence-electron chi connectivity index (χ4n) is 7.69. The van der Waals surface area contributed by atoms with E-state index in [1.807, 2.05) is 0 Å². The number of allylic oxidation sites excluding steroid dienone is 20. The lowest BCUT2D eigenvalue weighted by molar-refractivity contribution is -0.167. The lowest BCUT2D eigenvalue weighted by Gasteiger charge is -2.18. The lowest BCUT2D eigenvalue weighted by Crippen LogP contribution is -2.30. The number of carbonyl (C=O) groups excluding carboxylic acids is 3. The van der Waals surface area contributed by atoms with E-state index in [1.165, 1.54) is 103 Å². The normalized spacial score (nSPS) is 13.0. The van der Waals surface area contributed by atoms with Gasteiger partial charge in [-0.2, -0.15) is 0 Å². The van der Waals surface area contributed by atoms with Gasteiger partial charge in [0.2, 0.25) is 0 Å². The second kappa shape index (κ2) is 58.4. The predicted octanol–water partition coefficient (Wildman–Crippen LogP) is 19.6. The molecule has 0 aromatic rings. The number of hydrogen-bond acceptors (Lipinski definition) is 6. The van der Waals surface area contributed by atoms with Gasteiger partial charge in [0.05, 0.1) is 0 Å². The zero-order valence-electron chi connectivity index (χ0n) is 45.9. The topological polar surface area (TPSA) is 78.9 Å². The van der Waals surface area contributed by atoms with E-state index in [-0.39, 0.29) is 44.0 Å². The van der Waals surface area contributed by atoms with Crippen molar-refractivity contribution in [1.82, 2.24) is 0 Å². The second-order valence-electron chi connectivity index (χ2n) is 18.8. The molecule has 0 spiro atoms. The molecule has 402 valence electrons. The van der Waals surface area contributed by atoms with E-state index < -0.39 is 6.10 Å². The summed E-state index contributed by atoms with van der Waals surface area (Å²) in [5.41, 5.74) is 0. The fourth-order valence-corrected chi connectivity index (χ4v) is 7.69. The van der Waals surface area contributed by atoms with Crippen LogP contribution in [0.2, 0.25) is 0 Å². The second-order valence-corrected chi connectivity index (χ2v) is 18.8. The number of carbonyl (C=O) groups is 3. The molecule has 0 saturated heterocycles. The Bertz CT molecular complexity index is 1500. The molecule has 0 N–H and O–H groups in total. The van der Waals surface area contributed by atoms with Gasteiger partial charge in [0.25, 0.3) is 0 Å². The van der Waals surface area contributed by atoms with Gasteiger partial charge in [-0.05, 0) is 96.3 Å². The predicted molar refractivity (Wildman–Crippen MR) is 306 cm³/mol. The molecule has 71 heavy (non-hydrogen) atoms. The van der Waals surface area contributed by atoms with Crippen LogP contribution in [0.25, 0.3) is 0 Å². The first kappa shape index (κ1) is 66.8. The Morgan fingerprint density at radius 1 is 0.296 bits per heavy atom. The number of rotatable bonds is 51. The molecule has 0 amide bonds. The first-order valence-corrected chi connectivity index (χ1v) is 29.0. The van der Waals surface area contributed by atoms with Gasteiger partial charge in [-0.3, -0.25) is 14.4 Å². The summed E-state index contributed by atoms with van der Waals surface area (Å²) in [7, 11) is 0. The van der Waals surface area contributed by atoms with Crippen molar-refractivity contribution in [2.45, 2.75) is 258 Å². The van der Waals surface area contributed by atoms with Crippen molar-refractivity contribution in [2.75, 3.05) is 13.2 Å². The Balaban J connectivity index is 4.54. The SMILES string of the molecule is CC/C=C/C/C=C/C/C=C/C/C=C/C/C=C/CCCC(=O)OC[C@H](COC(=O)CCCCCCCCCCCCCCCCCCCCC)OC(=O)CCC/C=C/C/C=C/C/C=C/C/C=C/C/C=C/CC. The zero-order valence-corrected chi connectivity index (χ0v) is 45.9. The summed E-state index contributed by atoms with van der Waals surface area (Å²) in [5.74, 6) is -1.04.